The normalized spacial score (nSPS) is 17.7. The first-order valence-corrected chi connectivity index (χ1v) is 14.3. The van der Waals surface area contributed by atoms with E-state index in [0.29, 0.717) is 42.5 Å². The van der Waals surface area contributed by atoms with Crippen LogP contribution in [0, 0.1) is 5.92 Å². The molecule has 8 heteroatoms. The van der Waals surface area contributed by atoms with Crippen LogP contribution in [0.4, 0.5) is 5.69 Å². The standard InChI is InChI=1S/C30H38Cl2N4O2/c1-24(37)35-17-12-26(13-18-35)30(38)36(27-10-11-28(31)29(32)23-27)16-6-15-34-21-19-33(20-22-34)14-5-9-25-7-3-2-4-8-25/h2-5,7-11,23,26H,6,12-22H2,1H3. The largest absolute Gasteiger partial charge is 0.343 e. The fourth-order valence-corrected chi connectivity index (χ4v) is 5.52. The molecule has 2 aliphatic rings. The highest BCUT2D eigenvalue weighted by molar-refractivity contribution is 6.42. The van der Waals surface area contributed by atoms with E-state index in [1.807, 2.05) is 21.9 Å². The minimum atomic E-state index is -0.0902. The second-order valence-corrected chi connectivity index (χ2v) is 11.0. The Balaban J connectivity index is 1.28. The summed E-state index contributed by atoms with van der Waals surface area (Å²) in [6, 6.07) is 15.8. The number of benzene rings is 2. The maximum Gasteiger partial charge on any atom is 0.230 e. The summed E-state index contributed by atoms with van der Waals surface area (Å²) in [7, 11) is 0. The summed E-state index contributed by atoms with van der Waals surface area (Å²) in [6.45, 7) is 9.54. The molecule has 38 heavy (non-hydrogen) atoms. The number of piperazine rings is 1. The van der Waals surface area contributed by atoms with Gasteiger partial charge in [-0.3, -0.25) is 14.5 Å². The van der Waals surface area contributed by atoms with E-state index in [4.69, 9.17) is 23.2 Å². The quantitative estimate of drug-likeness (QED) is 0.420. The zero-order chi connectivity index (χ0) is 26.9. The third-order valence-electron chi connectivity index (χ3n) is 7.56. The van der Waals surface area contributed by atoms with Gasteiger partial charge in [-0.1, -0.05) is 65.7 Å². The molecule has 6 nitrogen and oxygen atoms in total. The van der Waals surface area contributed by atoms with Crippen LogP contribution in [-0.2, 0) is 9.59 Å². The summed E-state index contributed by atoms with van der Waals surface area (Å²) in [5, 5.41) is 0.930. The van der Waals surface area contributed by atoms with Crippen molar-refractivity contribution in [2.24, 2.45) is 5.92 Å². The third kappa shape index (κ3) is 8.06. The van der Waals surface area contributed by atoms with E-state index >= 15 is 0 Å². The van der Waals surface area contributed by atoms with Crippen LogP contribution in [0.2, 0.25) is 10.0 Å². The summed E-state index contributed by atoms with van der Waals surface area (Å²) in [4.78, 5) is 34.0. The molecule has 0 aliphatic carbocycles. The predicted molar refractivity (Wildman–Crippen MR) is 157 cm³/mol. The summed E-state index contributed by atoms with van der Waals surface area (Å²) in [5.74, 6) is 0.0960. The Morgan fingerprint density at radius 3 is 2.26 bits per heavy atom. The average Bonchev–Trinajstić information content (AvgIpc) is 2.94. The lowest BCUT2D eigenvalue weighted by atomic mass is 9.94. The first kappa shape index (κ1) is 28.6. The molecule has 0 radical (unpaired) electrons. The Morgan fingerprint density at radius 2 is 1.61 bits per heavy atom. The fraction of sp³-hybridized carbons (Fsp3) is 0.467. The molecule has 204 valence electrons. The van der Waals surface area contributed by atoms with Gasteiger partial charge in [0.15, 0.2) is 0 Å². The maximum atomic E-state index is 13.6. The van der Waals surface area contributed by atoms with Crippen LogP contribution in [0.3, 0.4) is 0 Å². The van der Waals surface area contributed by atoms with Gasteiger partial charge in [-0.05, 0) is 49.6 Å². The lowest BCUT2D eigenvalue weighted by Gasteiger charge is -2.36. The van der Waals surface area contributed by atoms with Gasteiger partial charge in [0.25, 0.3) is 0 Å². The number of halogens is 2. The molecule has 2 amide bonds. The van der Waals surface area contributed by atoms with Gasteiger partial charge in [-0.25, -0.2) is 0 Å². The van der Waals surface area contributed by atoms with Gasteiger partial charge < -0.3 is 14.7 Å². The molecular weight excluding hydrogens is 519 g/mol. The van der Waals surface area contributed by atoms with Crippen LogP contribution in [0.1, 0.15) is 31.7 Å². The molecule has 4 rings (SSSR count). The Labute approximate surface area is 236 Å². The predicted octanol–water partition coefficient (Wildman–Crippen LogP) is 5.31. The van der Waals surface area contributed by atoms with E-state index < -0.39 is 0 Å². The summed E-state index contributed by atoms with van der Waals surface area (Å²) >= 11 is 12.5. The Hall–Kier alpha value is -2.38. The molecular formula is C30H38Cl2N4O2. The molecule has 2 aromatic rings. The highest BCUT2D eigenvalue weighted by atomic mass is 35.5. The fourth-order valence-electron chi connectivity index (χ4n) is 5.23. The number of anilines is 1. The molecule has 0 bridgehead atoms. The molecule has 0 atom stereocenters. The average molecular weight is 558 g/mol. The Morgan fingerprint density at radius 1 is 0.921 bits per heavy atom. The molecule has 2 fully saturated rings. The van der Waals surface area contributed by atoms with Gasteiger partial charge in [-0.15, -0.1) is 0 Å². The third-order valence-corrected chi connectivity index (χ3v) is 8.30. The van der Waals surface area contributed by atoms with Crippen molar-refractivity contribution >= 4 is 46.8 Å². The van der Waals surface area contributed by atoms with Crippen molar-refractivity contribution in [3.05, 3.63) is 70.2 Å². The van der Waals surface area contributed by atoms with Crippen LogP contribution in [-0.4, -0.2) is 85.4 Å². The second-order valence-electron chi connectivity index (χ2n) is 10.2. The molecule has 2 aromatic carbocycles. The molecule has 0 aromatic heterocycles. The van der Waals surface area contributed by atoms with Crippen LogP contribution >= 0.6 is 23.2 Å². The van der Waals surface area contributed by atoms with Crippen molar-refractivity contribution in [1.29, 1.82) is 0 Å². The first-order valence-electron chi connectivity index (χ1n) is 13.6. The zero-order valence-electron chi connectivity index (χ0n) is 22.2. The van der Waals surface area contributed by atoms with Crippen LogP contribution < -0.4 is 4.90 Å². The van der Waals surface area contributed by atoms with Gasteiger partial charge in [0.05, 0.1) is 10.0 Å². The van der Waals surface area contributed by atoms with Gasteiger partial charge in [0.1, 0.15) is 0 Å². The molecule has 0 N–H and O–H groups in total. The van der Waals surface area contributed by atoms with E-state index in [0.717, 1.165) is 51.4 Å². The smallest absolute Gasteiger partial charge is 0.230 e. The van der Waals surface area contributed by atoms with Crippen LogP contribution in [0.5, 0.6) is 0 Å². The molecule has 0 spiro atoms. The lowest BCUT2D eigenvalue weighted by Crippen LogP contribution is -2.47. The Kier molecular flexibility index (Phi) is 10.6. The number of amides is 2. The van der Waals surface area contributed by atoms with Crippen molar-refractivity contribution in [2.75, 3.05) is 63.8 Å². The van der Waals surface area contributed by atoms with Gasteiger partial charge in [-0.2, -0.15) is 0 Å². The minimum absolute atomic E-state index is 0.0737. The van der Waals surface area contributed by atoms with E-state index in [9.17, 15) is 9.59 Å². The second kappa shape index (κ2) is 14.1. The molecule has 2 saturated heterocycles. The van der Waals surface area contributed by atoms with Crippen molar-refractivity contribution in [3.8, 4) is 0 Å². The summed E-state index contributed by atoms with van der Waals surface area (Å²) in [6.07, 6.45) is 6.69. The SMILES string of the molecule is CC(=O)N1CCC(C(=O)N(CCCN2CCN(CC=Cc3ccccc3)CC2)c2ccc(Cl)c(Cl)c2)CC1. The highest BCUT2D eigenvalue weighted by Gasteiger charge is 2.30. The van der Waals surface area contributed by atoms with Crippen LogP contribution in [0.15, 0.2) is 54.6 Å². The van der Waals surface area contributed by atoms with E-state index in [1.54, 1.807) is 19.1 Å². The minimum Gasteiger partial charge on any atom is -0.343 e. The number of nitrogens with zero attached hydrogens (tertiary/aromatic N) is 4. The molecule has 2 aliphatic heterocycles. The van der Waals surface area contributed by atoms with Crippen molar-refractivity contribution in [2.45, 2.75) is 26.2 Å². The number of likely N-dealkylation sites (tertiary alicyclic amines) is 1. The zero-order valence-corrected chi connectivity index (χ0v) is 23.7. The van der Waals surface area contributed by atoms with Gasteiger partial charge in [0.2, 0.25) is 11.8 Å². The highest BCUT2D eigenvalue weighted by Crippen LogP contribution is 2.30. The van der Waals surface area contributed by atoms with Crippen molar-refractivity contribution in [3.63, 3.8) is 0 Å². The molecule has 2 heterocycles. The summed E-state index contributed by atoms with van der Waals surface area (Å²) < 4.78 is 0. The number of carbonyl (C=O) groups is 2. The maximum absolute atomic E-state index is 13.6. The number of carbonyl (C=O) groups excluding carboxylic acids is 2. The summed E-state index contributed by atoms with van der Waals surface area (Å²) in [5.41, 5.74) is 2.02. The van der Waals surface area contributed by atoms with Gasteiger partial charge >= 0.3 is 0 Å². The lowest BCUT2D eigenvalue weighted by molar-refractivity contribution is -0.133. The number of rotatable bonds is 9. The van der Waals surface area contributed by atoms with E-state index in [1.165, 1.54) is 5.56 Å². The van der Waals surface area contributed by atoms with Crippen molar-refractivity contribution < 1.29 is 9.59 Å². The van der Waals surface area contributed by atoms with Crippen molar-refractivity contribution in [1.82, 2.24) is 14.7 Å². The van der Waals surface area contributed by atoms with E-state index in [-0.39, 0.29) is 17.7 Å². The van der Waals surface area contributed by atoms with Crippen LogP contribution in [0.25, 0.3) is 6.08 Å². The monoisotopic (exact) mass is 556 g/mol. The Bertz CT molecular complexity index is 1090. The molecule has 0 saturated carbocycles. The molecule has 0 unspecified atom stereocenters. The number of hydrogen-bond donors (Lipinski definition) is 0. The van der Waals surface area contributed by atoms with E-state index in [2.05, 4.69) is 46.2 Å². The van der Waals surface area contributed by atoms with Gasteiger partial charge in [0, 0.05) is 70.9 Å². The number of hydrogen-bond acceptors (Lipinski definition) is 4. The first-order chi connectivity index (χ1) is 18.4. The number of piperidine rings is 1. The topological polar surface area (TPSA) is 47.1 Å².